The van der Waals surface area contributed by atoms with Gasteiger partial charge in [-0.3, -0.25) is 4.79 Å². The second-order valence-electron chi connectivity index (χ2n) is 1.75. The van der Waals surface area contributed by atoms with Crippen molar-refractivity contribution in [2.45, 2.75) is 6.42 Å². The van der Waals surface area contributed by atoms with E-state index in [4.69, 9.17) is 10.2 Å². The first-order valence-corrected chi connectivity index (χ1v) is 2.96. The number of ether oxygens (including phenoxy) is 1. The number of carbonyl (C=O) groups excluding carboxylic acids is 1. The third-order valence-corrected chi connectivity index (χ3v) is 0.984. The van der Waals surface area contributed by atoms with Crippen molar-refractivity contribution in [1.82, 2.24) is 10.2 Å². The summed E-state index contributed by atoms with van der Waals surface area (Å²) in [6, 6.07) is 0.0195. The average Bonchev–Trinajstić information content (AvgIpc) is 2.37. The highest BCUT2D eigenvalue weighted by Gasteiger charge is 2.01. The normalized spacial score (nSPS) is 9.45. The van der Waals surface area contributed by atoms with Crippen molar-refractivity contribution in [1.29, 1.82) is 0 Å². The molecule has 0 fully saturated rings. The predicted octanol–water partition coefficient (Wildman–Crippen LogP) is -0.633. The molecule has 0 aliphatic carbocycles. The zero-order valence-corrected chi connectivity index (χ0v) is 5.69. The first-order valence-electron chi connectivity index (χ1n) is 2.96. The van der Waals surface area contributed by atoms with Crippen molar-refractivity contribution in [3.05, 3.63) is 5.89 Å². The van der Waals surface area contributed by atoms with E-state index in [1.807, 2.05) is 0 Å². The number of anilines is 1. The van der Waals surface area contributed by atoms with Crippen molar-refractivity contribution in [3.8, 4) is 0 Å². The molecule has 2 N–H and O–H groups in total. The van der Waals surface area contributed by atoms with Crippen LogP contribution < -0.4 is 5.73 Å². The number of aromatic nitrogens is 2. The molecule has 11 heavy (non-hydrogen) atoms. The van der Waals surface area contributed by atoms with Gasteiger partial charge < -0.3 is 14.9 Å². The molecular formula is C5H7N3O3. The van der Waals surface area contributed by atoms with Crippen LogP contribution in [0.5, 0.6) is 0 Å². The minimum absolute atomic E-state index is 0.0195. The van der Waals surface area contributed by atoms with E-state index in [0.717, 1.165) is 0 Å². The molecule has 1 aromatic rings. The largest absolute Gasteiger partial charge is 0.467 e. The number of carbonyl (C=O) groups is 1. The molecule has 0 bridgehead atoms. The summed E-state index contributed by atoms with van der Waals surface area (Å²) in [7, 11) is 0. The highest BCUT2D eigenvalue weighted by molar-refractivity contribution is 5.36. The van der Waals surface area contributed by atoms with Gasteiger partial charge in [0.2, 0.25) is 5.89 Å². The molecule has 0 radical (unpaired) electrons. The highest BCUT2D eigenvalue weighted by atomic mass is 16.5. The van der Waals surface area contributed by atoms with E-state index in [1.165, 1.54) is 0 Å². The summed E-state index contributed by atoms with van der Waals surface area (Å²) < 4.78 is 9.19. The Morgan fingerprint density at radius 2 is 2.45 bits per heavy atom. The summed E-state index contributed by atoms with van der Waals surface area (Å²) >= 11 is 0. The molecule has 0 aliphatic heterocycles. The minimum atomic E-state index is 0.0195. The smallest absolute Gasteiger partial charge is 0.312 e. The second kappa shape index (κ2) is 3.55. The van der Waals surface area contributed by atoms with Gasteiger partial charge in [-0.05, 0) is 0 Å². The van der Waals surface area contributed by atoms with Crippen molar-refractivity contribution in [2.24, 2.45) is 0 Å². The van der Waals surface area contributed by atoms with Crippen LogP contribution >= 0.6 is 0 Å². The maximum Gasteiger partial charge on any atom is 0.312 e. The number of hydrogen-bond acceptors (Lipinski definition) is 6. The lowest BCUT2D eigenvalue weighted by Crippen LogP contribution is -1.96. The molecule has 0 atom stereocenters. The van der Waals surface area contributed by atoms with Crippen molar-refractivity contribution < 1.29 is 13.9 Å². The molecule has 6 heteroatoms. The Hall–Kier alpha value is -1.59. The van der Waals surface area contributed by atoms with E-state index in [-0.39, 0.29) is 12.6 Å². The number of rotatable bonds is 4. The van der Waals surface area contributed by atoms with Gasteiger partial charge in [-0.15, -0.1) is 5.10 Å². The molecule has 0 saturated carbocycles. The van der Waals surface area contributed by atoms with Gasteiger partial charge in [-0.25, -0.2) is 0 Å². The predicted molar refractivity (Wildman–Crippen MR) is 34.4 cm³/mol. The lowest BCUT2D eigenvalue weighted by Gasteiger charge is -1.91. The lowest BCUT2D eigenvalue weighted by atomic mass is 10.5. The van der Waals surface area contributed by atoms with Crippen molar-refractivity contribution in [3.63, 3.8) is 0 Å². The molecule has 1 aromatic heterocycles. The molecule has 1 rings (SSSR count). The first-order chi connectivity index (χ1) is 5.33. The molecule has 0 spiro atoms. The van der Waals surface area contributed by atoms with Gasteiger partial charge in [-0.2, -0.15) is 0 Å². The molecule has 0 aromatic carbocycles. The van der Waals surface area contributed by atoms with Crippen LogP contribution in [-0.2, 0) is 16.0 Å². The molecule has 0 unspecified atom stereocenters. The number of nitrogen functional groups attached to an aromatic ring is 1. The van der Waals surface area contributed by atoms with E-state index in [2.05, 4.69) is 14.9 Å². The first kappa shape index (κ1) is 7.52. The van der Waals surface area contributed by atoms with Crippen LogP contribution in [0.25, 0.3) is 0 Å². The van der Waals surface area contributed by atoms with Gasteiger partial charge in [-0.1, -0.05) is 5.10 Å². The molecule has 0 amide bonds. The van der Waals surface area contributed by atoms with Crippen molar-refractivity contribution in [2.75, 3.05) is 12.3 Å². The Bertz CT molecular complexity index is 235. The van der Waals surface area contributed by atoms with Gasteiger partial charge in [0, 0.05) is 0 Å². The summed E-state index contributed by atoms with van der Waals surface area (Å²) in [5.74, 6) is 0.365. The second-order valence-corrected chi connectivity index (χ2v) is 1.75. The number of hydrogen-bond donors (Lipinski definition) is 1. The van der Waals surface area contributed by atoms with Gasteiger partial charge in [0.05, 0.1) is 13.0 Å². The van der Waals surface area contributed by atoms with Crippen LogP contribution in [0.2, 0.25) is 0 Å². The standard InChI is InChI=1S/C5H7N3O3/c6-5-8-7-4(11-5)1-2-10-3-9/h3H,1-2H2,(H2,6,8). The average molecular weight is 157 g/mol. The van der Waals surface area contributed by atoms with Crippen LogP contribution in [0.3, 0.4) is 0 Å². The summed E-state index contributed by atoms with van der Waals surface area (Å²) in [5, 5.41) is 6.96. The van der Waals surface area contributed by atoms with Gasteiger partial charge in [0.15, 0.2) is 0 Å². The van der Waals surface area contributed by atoms with E-state index in [1.54, 1.807) is 0 Å². The van der Waals surface area contributed by atoms with Crippen molar-refractivity contribution >= 4 is 12.5 Å². The monoisotopic (exact) mass is 157 g/mol. The Kier molecular flexibility index (Phi) is 2.42. The molecule has 1 heterocycles. The SMILES string of the molecule is Nc1nnc(CCOC=O)o1. The Labute approximate surface area is 62.3 Å². The van der Waals surface area contributed by atoms with Gasteiger partial charge in [0.25, 0.3) is 6.47 Å². The van der Waals surface area contributed by atoms with Gasteiger partial charge >= 0.3 is 6.01 Å². The van der Waals surface area contributed by atoms with E-state index >= 15 is 0 Å². The summed E-state index contributed by atoms with van der Waals surface area (Å²) in [5.41, 5.74) is 5.13. The summed E-state index contributed by atoms with van der Waals surface area (Å²) in [6.45, 7) is 0.588. The molecular weight excluding hydrogens is 150 g/mol. The fourth-order valence-corrected chi connectivity index (χ4v) is 0.562. The third-order valence-electron chi connectivity index (χ3n) is 0.984. The molecule has 6 nitrogen and oxygen atoms in total. The Morgan fingerprint density at radius 3 is 3.00 bits per heavy atom. The minimum Gasteiger partial charge on any atom is -0.467 e. The van der Waals surface area contributed by atoms with E-state index in [0.29, 0.717) is 18.8 Å². The van der Waals surface area contributed by atoms with Crippen LogP contribution in [0.15, 0.2) is 4.42 Å². The quantitative estimate of drug-likeness (QED) is 0.462. The van der Waals surface area contributed by atoms with Gasteiger partial charge in [0.1, 0.15) is 0 Å². The Morgan fingerprint density at radius 1 is 1.64 bits per heavy atom. The fraction of sp³-hybridized carbons (Fsp3) is 0.400. The highest BCUT2D eigenvalue weighted by Crippen LogP contribution is 2.00. The molecule has 0 aliphatic rings. The third kappa shape index (κ3) is 2.24. The number of nitrogens with two attached hydrogens (primary N) is 1. The topological polar surface area (TPSA) is 91.2 Å². The summed E-state index contributed by atoms with van der Waals surface area (Å²) in [4.78, 5) is 9.69. The van der Waals surface area contributed by atoms with Crippen LogP contribution in [0.1, 0.15) is 5.89 Å². The van der Waals surface area contributed by atoms with Crippen LogP contribution in [0, 0.1) is 0 Å². The zero-order valence-electron chi connectivity index (χ0n) is 5.69. The van der Waals surface area contributed by atoms with Crippen LogP contribution in [-0.4, -0.2) is 23.3 Å². The zero-order chi connectivity index (χ0) is 8.10. The molecule has 0 saturated heterocycles. The fourth-order valence-electron chi connectivity index (χ4n) is 0.562. The lowest BCUT2D eigenvalue weighted by molar-refractivity contribution is -0.128. The number of nitrogens with zero attached hydrogens (tertiary/aromatic N) is 2. The van der Waals surface area contributed by atoms with E-state index in [9.17, 15) is 4.79 Å². The maximum absolute atomic E-state index is 9.69. The molecule has 60 valence electrons. The summed E-state index contributed by atoms with van der Waals surface area (Å²) in [6.07, 6.45) is 0.392. The Balaban J connectivity index is 2.32. The van der Waals surface area contributed by atoms with Crippen LogP contribution in [0.4, 0.5) is 6.01 Å². The maximum atomic E-state index is 9.69. The van der Waals surface area contributed by atoms with E-state index < -0.39 is 0 Å².